The first-order chi connectivity index (χ1) is 6.65. The Balaban J connectivity index is 2.72. The lowest BCUT2D eigenvalue weighted by Gasteiger charge is -2.13. The minimum Gasteiger partial charge on any atom is -0.336 e. The number of hydrogen-bond acceptors (Lipinski definition) is 2. The van der Waals surface area contributed by atoms with Gasteiger partial charge in [-0.15, -0.1) is 0 Å². The second-order valence-corrected chi connectivity index (χ2v) is 3.09. The van der Waals surface area contributed by atoms with E-state index in [0.29, 0.717) is 13.1 Å². The number of allylic oxidation sites excluding steroid dienone is 3. The molecule has 4 heteroatoms. The van der Waals surface area contributed by atoms with Gasteiger partial charge in [-0.25, -0.2) is 4.79 Å². The summed E-state index contributed by atoms with van der Waals surface area (Å²) in [5.74, 6) is 0. The van der Waals surface area contributed by atoms with Crippen LogP contribution in [0.5, 0.6) is 0 Å². The maximum atomic E-state index is 11.3. The van der Waals surface area contributed by atoms with Crippen LogP contribution in [0.3, 0.4) is 0 Å². The standard InChI is InChI=1S/C10H15N3O/c1-4-9(7-12-8(2)3)13-6-5-11-10(13)14/h4,7H,2,5-6H2,1,3H3,(H,11,14)/b9-4+,12-7?. The summed E-state index contributed by atoms with van der Waals surface area (Å²) in [6, 6.07) is -0.0636. The van der Waals surface area contributed by atoms with Crippen molar-refractivity contribution in [1.82, 2.24) is 10.2 Å². The zero-order chi connectivity index (χ0) is 10.6. The Labute approximate surface area is 84.0 Å². The van der Waals surface area contributed by atoms with Crippen molar-refractivity contribution < 1.29 is 4.79 Å². The average molecular weight is 193 g/mol. The van der Waals surface area contributed by atoms with Gasteiger partial charge in [-0.3, -0.25) is 9.89 Å². The van der Waals surface area contributed by atoms with Gasteiger partial charge in [0.05, 0.1) is 11.9 Å². The van der Waals surface area contributed by atoms with Crippen molar-refractivity contribution in [2.24, 2.45) is 4.99 Å². The van der Waals surface area contributed by atoms with E-state index in [1.807, 2.05) is 19.9 Å². The fourth-order valence-corrected chi connectivity index (χ4v) is 1.19. The first-order valence-electron chi connectivity index (χ1n) is 4.56. The summed E-state index contributed by atoms with van der Waals surface area (Å²) in [7, 11) is 0. The molecule has 0 aromatic heterocycles. The number of carbonyl (C=O) groups excluding carboxylic acids is 1. The highest BCUT2D eigenvalue weighted by molar-refractivity contribution is 5.88. The van der Waals surface area contributed by atoms with E-state index in [4.69, 9.17) is 0 Å². The first kappa shape index (κ1) is 10.5. The Kier molecular flexibility index (Phi) is 3.45. The maximum Gasteiger partial charge on any atom is 0.322 e. The number of rotatable bonds is 3. The smallest absolute Gasteiger partial charge is 0.322 e. The number of nitrogens with one attached hydrogen (secondary N) is 1. The van der Waals surface area contributed by atoms with Crippen molar-refractivity contribution in [3.8, 4) is 0 Å². The fraction of sp³-hybridized carbons (Fsp3) is 0.400. The van der Waals surface area contributed by atoms with E-state index in [2.05, 4.69) is 16.9 Å². The maximum absolute atomic E-state index is 11.3. The van der Waals surface area contributed by atoms with Crippen molar-refractivity contribution >= 4 is 12.2 Å². The van der Waals surface area contributed by atoms with Gasteiger partial charge in [0, 0.05) is 18.8 Å². The fourth-order valence-electron chi connectivity index (χ4n) is 1.19. The molecule has 4 nitrogen and oxygen atoms in total. The minimum atomic E-state index is -0.0636. The molecule has 0 aliphatic carbocycles. The lowest BCUT2D eigenvalue weighted by Crippen LogP contribution is -2.28. The topological polar surface area (TPSA) is 44.7 Å². The molecule has 0 radical (unpaired) electrons. The van der Waals surface area contributed by atoms with Crippen LogP contribution in [-0.4, -0.2) is 30.2 Å². The summed E-state index contributed by atoms with van der Waals surface area (Å²) in [5, 5.41) is 2.73. The van der Waals surface area contributed by atoms with Gasteiger partial charge in [-0.2, -0.15) is 0 Å². The number of urea groups is 1. The van der Waals surface area contributed by atoms with Crippen LogP contribution in [0, 0.1) is 0 Å². The molecule has 2 amide bonds. The van der Waals surface area contributed by atoms with Crippen LogP contribution >= 0.6 is 0 Å². The number of amides is 2. The van der Waals surface area contributed by atoms with Gasteiger partial charge in [-0.1, -0.05) is 12.7 Å². The van der Waals surface area contributed by atoms with Crippen molar-refractivity contribution in [3.63, 3.8) is 0 Å². The summed E-state index contributed by atoms with van der Waals surface area (Å²) in [4.78, 5) is 17.0. The molecule has 0 saturated carbocycles. The lowest BCUT2D eigenvalue weighted by molar-refractivity contribution is 0.229. The zero-order valence-electron chi connectivity index (χ0n) is 8.58. The molecule has 0 aromatic carbocycles. The van der Waals surface area contributed by atoms with Crippen LogP contribution in [0.15, 0.2) is 29.0 Å². The van der Waals surface area contributed by atoms with Crippen molar-refractivity contribution in [2.75, 3.05) is 13.1 Å². The van der Waals surface area contributed by atoms with Crippen LogP contribution in [0.2, 0.25) is 0 Å². The molecule has 0 spiro atoms. The number of aliphatic imine (C=N–C) groups is 1. The molecular formula is C10H15N3O. The van der Waals surface area contributed by atoms with Gasteiger partial charge in [0.15, 0.2) is 0 Å². The van der Waals surface area contributed by atoms with Crippen LogP contribution in [0.4, 0.5) is 4.79 Å². The SMILES string of the molecule is C=C(C)N=C/C(=C\C)N1CCNC1=O. The van der Waals surface area contributed by atoms with E-state index in [0.717, 1.165) is 11.4 Å². The molecule has 14 heavy (non-hydrogen) atoms. The van der Waals surface area contributed by atoms with Gasteiger partial charge in [0.1, 0.15) is 0 Å². The molecule has 0 unspecified atom stereocenters. The van der Waals surface area contributed by atoms with Crippen LogP contribution in [0.25, 0.3) is 0 Å². The molecule has 0 bridgehead atoms. The molecule has 76 valence electrons. The third kappa shape index (κ3) is 2.45. The highest BCUT2D eigenvalue weighted by Gasteiger charge is 2.21. The summed E-state index contributed by atoms with van der Waals surface area (Å²) >= 11 is 0. The molecule has 1 fully saturated rings. The molecule has 1 aliphatic heterocycles. The van der Waals surface area contributed by atoms with Crippen LogP contribution in [0.1, 0.15) is 13.8 Å². The number of nitrogens with zero attached hydrogens (tertiary/aromatic N) is 2. The summed E-state index contributed by atoms with van der Waals surface area (Å²) < 4.78 is 0. The van der Waals surface area contributed by atoms with Crippen molar-refractivity contribution in [3.05, 3.63) is 24.0 Å². The minimum absolute atomic E-state index is 0.0636. The molecule has 0 atom stereocenters. The Hall–Kier alpha value is -1.58. The number of carbonyl (C=O) groups is 1. The molecule has 1 rings (SSSR count). The third-order valence-corrected chi connectivity index (χ3v) is 1.88. The van der Waals surface area contributed by atoms with Gasteiger partial charge in [0.25, 0.3) is 0 Å². The molecule has 1 saturated heterocycles. The van der Waals surface area contributed by atoms with E-state index in [1.54, 1.807) is 11.1 Å². The molecule has 1 N–H and O–H groups in total. The van der Waals surface area contributed by atoms with Gasteiger partial charge in [0.2, 0.25) is 0 Å². The molecular weight excluding hydrogens is 178 g/mol. The second-order valence-electron chi connectivity index (χ2n) is 3.09. The van der Waals surface area contributed by atoms with Gasteiger partial charge >= 0.3 is 6.03 Å². The predicted molar refractivity (Wildman–Crippen MR) is 57.2 cm³/mol. The summed E-state index contributed by atoms with van der Waals surface area (Å²) in [6.45, 7) is 8.74. The monoisotopic (exact) mass is 193 g/mol. The molecule has 0 aromatic rings. The van der Waals surface area contributed by atoms with E-state index in [1.165, 1.54) is 0 Å². The summed E-state index contributed by atoms with van der Waals surface area (Å²) in [5.41, 5.74) is 1.53. The first-order valence-corrected chi connectivity index (χ1v) is 4.56. The highest BCUT2D eigenvalue weighted by Crippen LogP contribution is 2.06. The Bertz CT molecular complexity index is 304. The molecule has 1 aliphatic rings. The highest BCUT2D eigenvalue weighted by atomic mass is 16.2. The predicted octanol–water partition coefficient (Wildman–Crippen LogP) is 1.52. The second kappa shape index (κ2) is 4.60. The third-order valence-electron chi connectivity index (χ3n) is 1.88. The quantitative estimate of drug-likeness (QED) is 0.678. The average Bonchev–Trinajstić information content (AvgIpc) is 2.53. The van der Waals surface area contributed by atoms with Crippen LogP contribution in [-0.2, 0) is 0 Å². The van der Waals surface area contributed by atoms with Crippen molar-refractivity contribution in [1.29, 1.82) is 0 Å². The van der Waals surface area contributed by atoms with Gasteiger partial charge < -0.3 is 5.32 Å². The van der Waals surface area contributed by atoms with E-state index in [9.17, 15) is 4.79 Å². The number of hydrogen-bond donors (Lipinski definition) is 1. The van der Waals surface area contributed by atoms with E-state index in [-0.39, 0.29) is 6.03 Å². The Morgan fingerprint density at radius 2 is 2.43 bits per heavy atom. The lowest BCUT2D eigenvalue weighted by atomic mass is 10.4. The van der Waals surface area contributed by atoms with Crippen LogP contribution < -0.4 is 5.32 Å². The van der Waals surface area contributed by atoms with Crippen molar-refractivity contribution in [2.45, 2.75) is 13.8 Å². The normalized spacial score (nSPS) is 17.7. The van der Waals surface area contributed by atoms with Gasteiger partial charge in [-0.05, 0) is 13.8 Å². The Morgan fingerprint density at radius 3 is 2.86 bits per heavy atom. The molecule has 1 heterocycles. The summed E-state index contributed by atoms with van der Waals surface area (Å²) in [6.07, 6.45) is 3.52. The van der Waals surface area contributed by atoms with E-state index < -0.39 is 0 Å². The van der Waals surface area contributed by atoms with E-state index >= 15 is 0 Å². The Morgan fingerprint density at radius 1 is 1.71 bits per heavy atom. The largest absolute Gasteiger partial charge is 0.336 e. The zero-order valence-corrected chi connectivity index (χ0v) is 8.58.